The number of aliphatic carboxylic acids is 2. The fourth-order valence-electron chi connectivity index (χ4n) is 4.73. The summed E-state index contributed by atoms with van der Waals surface area (Å²) in [7, 11) is 0. The molecule has 4 rings (SSSR count). The highest BCUT2D eigenvalue weighted by Gasteiger charge is 2.28. The largest absolute Gasteiger partial charge is 0.507 e. The zero-order chi connectivity index (χ0) is 37.4. The second kappa shape index (κ2) is 15.8. The average molecular weight is 703 g/mol. The lowest BCUT2D eigenvalue weighted by atomic mass is 9.95. The van der Waals surface area contributed by atoms with Crippen LogP contribution in [0.5, 0.6) is 40.2 Å². The van der Waals surface area contributed by atoms with Crippen LogP contribution in [-0.4, -0.2) is 82.0 Å². The summed E-state index contributed by atoms with van der Waals surface area (Å²) in [6, 6.07) is 14.3. The molecule has 0 radical (unpaired) electrons. The summed E-state index contributed by atoms with van der Waals surface area (Å²) in [6.07, 6.45) is -1.46. The Bertz CT molecular complexity index is 2050. The molecule has 0 amide bonds. The Labute approximate surface area is 288 Å². The lowest BCUT2D eigenvalue weighted by molar-refractivity contribution is -0.160. The van der Waals surface area contributed by atoms with Gasteiger partial charge in [-0.1, -0.05) is 30.3 Å². The van der Waals surface area contributed by atoms with Crippen molar-refractivity contribution in [3.8, 4) is 40.2 Å². The van der Waals surface area contributed by atoms with E-state index in [0.717, 1.165) is 54.6 Å². The lowest BCUT2D eigenvalue weighted by Crippen LogP contribution is -2.29. The number of aromatic hydroxyl groups is 7. The van der Waals surface area contributed by atoms with Crippen molar-refractivity contribution in [3.63, 3.8) is 0 Å². The second-order valence-electron chi connectivity index (χ2n) is 10.9. The van der Waals surface area contributed by atoms with Crippen molar-refractivity contribution in [1.29, 1.82) is 0 Å². The van der Waals surface area contributed by atoms with Gasteiger partial charge in [-0.15, -0.1) is 0 Å². The van der Waals surface area contributed by atoms with Crippen LogP contribution in [0.4, 0.5) is 0 Å². The minimum Gasteiger partial charge on any atom is -0.507 e. The Balaban J connectivity index is 1.69. The monoisotopic (exact) mass is 702 g/mol. The van der Waals surface area contributed by atoms with E-state index >= 15 is 0 Å². The zero-order valence-corrected chi connectivity index (χ0v) is 26.2. The van der Waals surface area contributed by atoms with Gasteiger partial charge in [0, 0.05) is 24.5 Å². The van der Waals surface area contributed by atoms with Gasteiger partial charge < -0.3 is 55.4 Å². The molecule has 4 aromatic rings. The molecule has 264 valence electrons. The number of hydrogen-bond donors (Lipinski definition) is 9. The van der Waals surface area contributed by atoms with Crippen LogP contribution in [0.25, 0.3) is 17.7 Å². The molecule has 0 aliphatic rings. The van der Waals surface area contributed by atoms with Gasteiger partial charge in [-0.25, -0.2) is 19.2 Å². The van der Waals surface area contributed by atoms with E-state index in [-0.39, 0.29) is 34.2 Å². The van der Waals surface area contributed by atoms with Crippen LogP contribution >= 0.6 is 0 Å². The van der Waals surface area contributed by atoms with E-state index in [4.69, 9.17) is 9.47 Å². The molecule has 0 unspecified atom stereocenters. The number of hydrogen-bond acceptors (Lipinski definition) is 13. The molecule has 0 saturated carbocycles. The molecule has 0 saturated heterocycles. The van der Waals surface area contributed by atoms with E-state index in [9.17, 15) is 65.1 Å². The van der Waals surface area contributed by atoms with E-state index in [0.29, 0.717) is 0 Å². The molecule has 0 aromatic heterocycles. The van der Waals surface area contributed by atoms with E-state index in [1.54, 1.807) is 0 Å². The fourth-order valence-corrected chi connectivity index (χ4v) is 4.73. The van der Waals surface area contributed by atoms with Gasteiger partial charge in [-0.2, -0.15) is 0 Å². The Morgan fingerprint density at radius 1 is 0.588 bits per heavy atom. The van der Waals surface area contributed by atoms with E-state index in [1.807, 2.05) is 0 Å². The molecule has 9 N–H and O–H groups in total. The number of benzene rings is 4. The molecule has 51 heavy (non-hydrogen) atoms. The third kappa shape index (κ3) is 9.48. The first-order valence-corrected chi connectivity index (χ1v) is 14.8. The number of phenols is 7. The number of phenolic OH excluding ortho intramolecular Hbond substituents is 7. The standard InChI is InChI=1S/C36H30O15/c37-23-8-4-18(13-27(23)41)12-22(36(49)51-31(35(47)48)17-20-6-10-25(39)29(43)15-20)33-21(2-1-3-26(33)40)7-11-32(44)50-30(34(45)46)16-19-5-9-24(38)28(42)14-19/h1-15,30-31,37-43H,16-17H2,(H,45,46)(H,47,48)/b11-7+,22-12+/t30-,31-/m1/s1. The lowest BCUT2D eigenvalue weighted by Gasteiger charge is -2.18. The Hall–Kier alpha value is -7.16. The highest BCUT2D eigenvalue weighted by molar-refractivity contribution is 6.23. The molecule has 4 aromatic carbocycles. The fraction of sp³-hybridized carbons (Fsp3) is 0.111. The Morgan fingerprint density at radius 3 is 1.61 bits per heavy atom. The van der Waals surface area contributed by atoms with E-state index in [2.05, 4.69) is 0 Å². The first-order chi connectivity index (χ1) is 24.1. The number of carboxylic acid groups (broad SMARTS) is 2. The summed E-state index contributed by atoms with van der Waals surface area (Å²) < 4.78 is 10.4. The molecule has 15 nitrogen and oxygen atoms in total. The van der Waals surface area contributed by atoms with Gasteiger partial charge in [0.05, 0.1) is 5.57 Å². The van der Waals surface area contributed by atoms with Crippen LogP contribution in [0.3, 0.4) is 0 Å². The molecular weight excluding hydrogens is 672 g/mol. The highest BCUT2D eigenvalue weighted by Crippen LogP contribution is 2.35. The van der Waals surface area contributed by atoms with Gasteiger partial charge in [-0.3, -0.25) is 0 Å². The van der Waals surface area contributed by atoms with Crippen molar-refractivity contribution in [2.75, 3.05) is 0 Å². The van der Waals surface area contributed by atoms with Crippen molar-refractivity contribution in [2.24, 2.45) is 0 Å². The Morgan fingerprint density at radius 2 is 1.10 bits per heavy atom. The molecule has 0 spiro atoms. The third-order valence-corrected chi connectivity index (χ3v) is 7.25. The van der Waals surface area contributed by atoms with Gasteiger partial charge in [0.15, 0.2) is 34.5 Å². The number of carboxylic acids is 2. The maximum Gasteiger partial charge on any atom is 0.345 e. The number of esters is 2. The van der Waals surface area contributed by atoms with Crippen LogP contribution in [0.1, 0.15) is 27.8 Å². The summed E-state index contributed by atoms with van der Waals surface area (Å²) >= 11 is 0. The number of carbonyl (C=O) groups excluding carboxylic acids is 2. The van der Waals surface area contributed by atoms with Crippen LogP contribution in [0.2, 0.25) is 0 Å². The summed E-state index contributed by atoms with van der Waals surface area (Å²) in [4.78, 5) is 50.5. The number of carbonyl (C=O) groups is 4. The Kier molecular flexibility index (Phi) is 11.4. The SMILES string of the molecule is O=C(/C=C/c1cccc(O)c1/C(=C\c1ccc(O)c(O)c1)C(=O)O[C@H](Cc1ccc(O)c(O)c1)C(=O)O)O[C@H](Cc1ccc(O)c(O)c1)C(=O)O. The quantitative estimate of drug-likeness (QED) is 0.0416. The zero-order valence-electron chi connectivity index (χ0n) is 26.2. The summed E-state index contributed by atoms with van der Waals surface area (Å²) in [6.45, 7) is 0. The average Bonchev–Trinajstić information content (AvgIpc) is 3.07. The highest BCUT2D eigenvalue weighted by atomic mass is 16.6. The van der Waals surface area contributed by atoms with Crippen molar-refractivity contribution in [1.82, 2.24) is 0 Å². The van der Waals surface area contributed by atoms with Crippen molar-refractivity contribution in [3.05, 3.63) is 107 Å². The first kappa shape index (κ1) is 36.7. The predicted molar refractivity (Wildman–Crippen MR) is 177 cm³/mol. The normalized spacial score (nSPS) is 12.6. The molecule has 0 bridgehead atoms. The van der Waals surface area contributed by atoms with Gasteiger partial charge in [0.2, 0.25) is 12.2 Å². The second-order valence-corrected chi connectivity index (χ2v) is 10.9. The van der Waals surface area contributed by atoms with Crippen molar-refractivity contribution in [2.45, 2.75) is 25.0 Å². The van der Waals surface area contributed by atoms with Gasteiger partial charge in [-0.05, 0) is 76.9 Å². The van der Waals surface area contributed by atoms with Gasteiger partial charge >= 0.3 is 23.9 Å². The smallest absolute Gasteiger partial charge is 0.345 e. The van der Waals surface area contributed by atoms with E-state index < -0.39 is 88.3 Å². The summed E-state index contributed by atoms with van der Waals surface area (Å²) in [5.41, 5.74) is -0.341. The maximum atomic E-state index is 13.7. The summed E-state index contributed by atoms with van der Waals surface area (Å²) in [5.74, 6) is -9.19. The minimum atomic E-state index is -1.86. The molecule has 2 atom stereocenters. The summed E-state index contributed by atoms with van der Waals surface area (Å²) in [5, 5.41) is 88.8. The molecule has 0 aliphatic carbocycles. The number of ether oxygens (including phenoxy) is 2. The van der Waals surface area contributed by atoms with Crippen LogP contribution in [0, 0.1) is 0 Å². The molecule has 0 aliphatic heterocycles. The molecular formula is C36H30O15. The molecule has 0 fully saturated rings. The molecule has 0 heterocycles. The van der Waals surface area contributed by atoms with Crippen LogP contribution in [-0.2, 0) is 41.5 Å². The predicted octanol–water partition coefficient (Wildman–Crippen LogP) is 3.66. The number of rotatable bonds is 13. The minimum absolute atomic E-state index is 0.0381. The maximum absolute atomic E-state index is 13.7. The third-order valence-electron chi connectivity index (χ3n) is 7.25. The molecule has 15 heteroatoms. The van der Waals surface area contributed by atoms with E-state index in [1.165, 1.54) is 36.4 Å². The van der Waals surface area contributed by atoms with Gasteiger partial charge in [0.1, 0.15) is 5.75 Å². The topological polar surface area (TPSA) is 269 Å². The van der Waals surface area contributed by atoms with Crippen molar-refractivity contribution < 1.29 is 74.6 Å². The van der Waals surface area contributed by atoms with Gasteiger partial charge in [0.25, 0.3) is 0 Å². The van der Waals surface area contributed by atoms with Crippen LogP contribution < -0.4 is 0 Å². The van der Waals surface area contributed by atoms with Crippen molar-refractivity contribution >= 4 is 41.6 Å². The first-order valence-electron chi connectivity index (χ1n) is 14.8. The van der Waals surface area contributed by atoms with Crippen LogP contribution in [0.15, 0.2) is 78.9 Å².